The van der Waals surface area contributed by atoms with Crippen molar-refractivity contribution in [1.82, 2.24) is 5.32 Å². The van der Waals surface area contributed by atoms with Crippen LogP contribution in [-0.2, 0) is 0 Å². The number of allylic oxidation sites excluding steroid dienone is 1. The van der Waals surface area contributed by atoms with Crippen molar-refractivity contribution >= 4 is 17.7 Å². The van der Waals surface area contributed by atoms with Gasteiger partial charge in [-0.15, -0.1) is 0 Å². The highest BCUT2D eigenvalue weighted by Gasteiger charge is 2.11. The van der Waals surface area contributed by atoms with Crippen molar-refractivity contribution in [3.8, 4) is 0 Å². The number of carboxylic acid groups (broad SMARTS) is 1. The zero-order valence-electron chi connectivity index (χ0n) is 11.1. The van der Waals surface area contributed by atoms with E-state index in [9.17, 15) is 9.59 Å². The Kier molecular flexibility index (Phi) is 5.60. The fraction of sp³-hybridized carbons (Fsp3) is 0.286. The van der Waals surface area contributed by atoms with E-state index in [4.69, 9.17) is 5.11 Å². The first kappa shape index (κ1) is 14.8. The van der Waals surface area contributed by atoms with Gasteiger partial charge in [-0.1, -0.05) is 18.2 Å². The van der Waals surface area contributed by atoms with E-state index < -0.39 is 5.97 Å². The number of urea groups is 1. The number of carbonyl (C=O) groups is 2. The molecule has 0 fully saturated rings. The Bertz CT molecular complexity index is 495. The topological polar surface area (TPSA) is 78.4 Å². The summed E-state index contributed by atoms with van der Waals surface area (Å²) in [6.45, 7) is 4.12. The van der Waals surface area contributed by atoms with Crippen LogP contribution >= 0.6 is 0 Å². The molecular formula is C14H18N2O3. The number of carboxylic acids is 1. The maximum atomic E-state index is 11.6. The van der Waals surface area contributed by atoms with E-state index in [0.29, 0.717) is 17.8 Å². The lowest BCUT2D eigenvalue weighted by atomic mass is 10.1. The summed E-state index contributed by atoms with van der Waals surface area (Å²) < 4.78 is 0. The lowest BCUT2D eigenvalue weighted by molar-refractivity contribution is 0.0696. The third-order valence-corrected chi connectivity index (χ3v) is 2.64. The summed E-state index contributed by atoms with van der Waals surface area (Å²) in [7, 11) is 0. The summed E-state index contributed by atoms with van der Waals surface area (Å²) in [6, 6.07) is 4.45. The predicted octanol–water partition coefficient (Wildman–Crippen LogP) is 2.78. The Morgan fingerprint density at radius 2 is 2.11 bits per heavy atom. The summed E-state index contributed by atoms with van der Waals surface area (Å²) in [5, 5.41) is 14.3. The summed E-state index contributed by atoms with van der Waals surface area (Å²) >= 11 is 0. The van der Waals surface area contributed by atoms with Gasteiger partial charge in [0.05, 0.1) is 5.56 Å². The normalized spacial score (nSPS) is 10.4. The lowest BCUT2D eigenvalue weighted by Crippen LogP contribution is -2.29. The molecule has 0 atom stereocenters. The highest BCUT2D eigenvalue weighted by Crippen LogP contribution is 2.18. The molecule has 0 unspecified atom stereocenters. The van der Waals surface area contributed by atoms with E-state index in [0.717, 1.165) is 6.42 Å². The van der Waals surface area contributed by atoms with Crippen LogP contribution in [0.1, 0.15) is 29.3 Å². The second kappa shape index (κ2) is 7.20. The van der Waals surface area contributed by atoms with E-state index >= 15 is 0 Å². The molecule has 5 nitrogen and oxygen atoms in total. The molecule has 0 spiro atoms. The van der Waals surface area contributed by atoms with Crippen molar-refractivity contribution in [2.24, 2.45) is 0 Å². The number of rotatable bonds is 5. The largest absolute Gasteiger partial charge is 0.478 e. The third kappa shape index (κ3) is 4.46. The van der Waals surface area contributed by atoms with Crippen molar-refractivity contribution in [1.29, 1.82) is 0 Å². The quantitative estimate of drug-likeness (QED) is 0.564. The number of amides is 2. The molecule has 0 saturated heterocycles. The van der Waals surface area contributed by atoms with Crippen molar-refractivity contribution in [2.75, 3.05) is 11.9 Å². The number of nitrogens with one attached hydrogen (secondary N) is 2. The molecule has 0 bridgehead atoms. The Balaban J connectivity index is 2.64. The van der Waals surface area contributed by atoms with Gasteiger partial charge >= 0.3 is 12.0 Å². The van der Waals surface area contributed by atoms with Crippen LogP contribution in [0.4, 0.5) is 10.5 Å². The fourth-order valence-corrected chi connectivity index (χ4v) is 1.60. The summed E-state index contributed by atoms with van der Waals surface area (Å²) in [5.41, 5.74) is 1.23. The Labute approximate surface area is 112 Å². The van der Waals surface area contributed by atoms with E-state index in [1.807, 2.05) is 19.1 Å². The molecule has 1 rings (SSSR count). The molecule has 2 amide bonds. The van der Waals surface area contributed by atoms with E-state index in [-0.39, 0.29) is 11.6 Å². The summed E-state index contributed by atoms with van der Waals surface area (Å²) in [6.07, 6.45) is 4.63. The minimum absolute atomic E-state index is 0.187. The van der Waals surface area contributed by atoms with Gasteiger partial charge in [0.2, 0.25) is 0 Å². The molecule has 0 aliphatic heterocycles. The first-order chi connectivity index (χ1) is 9.06. The standard InChI is InChI=1S/C14H18N2O3/c1-3-4-5-9-15-14(19)16-12-8-6-7-11(10(12)2)13(17)18/h3-4,6-8H,5,9H2,1-2H3,(H,17,18)(H2,15,16,19)/b4-3+. The lowest BCUT2D eigenvalue weighted by Gasteiger charge is -2.11. The molecule has 0 aromatic heterocycles. The van der Waals surface area contributed by atoms with Crippen LogP contribution < -0.4 is 10.6 Å². The highest BCUT2D eigenvalue weighted by molar-refractivity contribution is 5.95. The molecular weight excluding hydrogens is 244 g/mol. The fourth-order valence-electron chi connectivity index (χ4n) is 1.60. The molecule has 5 heteroatoms. The van der Waals surface area contributed by atoms with Crippen molar-refractivity contribution in [3.05, 3.63) is 41.5 Å². The van der Waals surface area contributed by atoms with E-state index in [1.54, 1.807) is 19.1 Å². The Hall–Kier alpha value is -2.30. The van der Waals surface area contributed by atoms with E-state index in [2.05, 4.69) is 10.6 Å². The molecule has 1 aromatic carbocycles. The van der Waals surface area contributed by atoms with Crippen LogP contribution in [0, 0.1) is 6.92 Å². The van der Waals surface area contributed by atoms with Crippen LogP contribution in [0.15, 0.2) is 30.4 Å². The third-order valence-electron chi connectivity index (χ3n) is 2.64. The Morgan fingerprint density at radius 1 is 1.37 bits per heavy atom. The highest BCUT2D eigenvalue weighted by atomic mass is 16.4. The SMILES string of the molecule is C/C=C/CCNC(=O)Nc1cccc(C(=O)O)c1C. The summed E-state index contributed by atoms with van der Waals surface area (Å²) in [4.78, 5) is 22.6. The molecule has 0 heterocycles. The van der Waals surface area contributed by atoms with Crippen LogP contribution in [-0.4, -0.2) is 23.7 Å². The average Bonchev–Trinajstić information content (AvgIpc) is 2.37. The van der Waals surface area contributed by atoms with Gasteiger partial charge < -0.3 is 15.7 Å². The predicted molar refractivity (Wildman–Crippen MR) is 74.6 cm³/mol. The van der Waals surface area contributed by atoms with Gasteiger partial charge in [0.15, 0.2) is 0 Å². The molecule has 3 N–H and O–H groups in total. The van der Waals surface area contributed by atoms with Gasteiger partial charge in [-0.25, -0.2) is 9.59 Å². The number of anilines is 1. The number of benzene rings is 1. The molecule has 19 heavy (non-hydrogen) atoms. The van der Waals surface area contributed by atoms with Crippen molar-refractivity contribution in [2.45, 2.75) is 20.3 Å². The number of aromatic carboxylic acids is 1. The van der Waals surface area contributed by atoms with Crippen molar-refractivity contribution < 1.29 is 14.7 Å². The van der Waals surface area contributed by atoms with E-state index in [1.165, 1.54) is 6.07 Å². The zero-order valence-corrected chi connectivity index (χ0v) is 11.1. The Morgan fingerprint density at radius 3 is 2.74 bits per heavy atom. The monoisotopic (exact) mass is 262 g/mol. The van der Waals surface area contributed by atoms with Gasteiger partial charge in [0.25, 0.3) is 0 Å². The zero-order chi connectivity index (χ0) is 14.3. The smallest absolute Gasteiger partial charge is 0.336 e. The van der Waals surface area contributed by atoms with Crippen LogP contribution in [0.2, 0.25) is 0 Å². The minimum atomic E-state index is -1.00. The number of hydrogen-bond acceptors (Lipinski definition) is 2. The van der Waals surface area contributed by atoms with Gasteiger partial charge in [0, 0.05) is 12.2 Å². The molecule has 1 aromatic rings. The van der Waals surface area contributed by atoms with Crippen LogP contribution in [0.25, 0.3) is 0 Å². The maximum Gasteiger partial charge on any atom is 0.336 e. The minimum Gasteiger partial charge on any atom is -0.478 e. The average molecular weight is 262 g/mol. The molecule has 0 saturated carbocycles. The van der Waals surface area contributed by atoms with Crippen molar-refractivity contribution in [3.63, 3.8) is 0 Å². The molecule has 102 valence electrons. The van der Waals surface area contributed by atoms with Gasteiger partial charge in [-0.3, -0.25) is 0 Å². The second-order valence-electron chi connectivity index (χ2n) is 4.02. The summed E-state index contributed by atoms with van der Waals surface area (Å²) in [5.74, 6) is -1.00. The van der Waals surface area contributed by atoms with Gasteiger partial charge in [0.1, 0.15) is 0 Å². The first-order valence-corrected chi connectivity index (χ1v) is 6.05. The van der Waals surface area contributed by atoms with Crippen LogP contribution in [0.3, 0.4) is 0 Å². The van der Waals surface area contributed by atoms with Crippen LogP contribution in [0.5, 0.6) is 0 Å². The van der Waals surface area contributed by atoms with Gasteiger partial charge in [-0.2, -0.15) is 0 Å². The molecule has 0 aliphatic carbocycles. The van der Waals surface area contributed by atoms with Gasteiger partial charge in [-0.05, 0) is 38.0 Å². The molecule has 0 radical (unpaired) electrons. The maximum absolute atomic E-state index is 11.6. The molecule has 0 aliphatic rings. The second-order valence-corrected chi connectivity index (χ2v) is 4.02. The first-order valence-electron chi connectivity index (χ1n) is 6.05. The number of hydrogen-bond donors (Lipinski definition) is 3. The number of carbonyl (C=O) groups excluding carboxylic acids is 1.